The Balaban J connectivity index is 1.45. The minimum absolute atomic E-state index is 0.0390. The summed E-state index contributed by atoms with van der Waals surface area (Å²) in [5.41, 5.74) is -0.570. The average molecular weight is 376 g/mol. The van der Waals surface area contributed by atoms with Gasteiger partial charge in [0.1, 0.15) is 0 Å². The molecule has 4 rings (SSSR count). The number of fused-ring (bicyclic) bond motifs is 1. The van der Waals surface area contributed by atoms with Gasteiger partial charge in [-0.15, -0.1) is 0 Å². The van der Waals surface area contributed by atoms with Crippen LogP contribution in [0.1, 0.15) is 58.3 Å². The number of likely N-dealkylation sites (tertiary alicyclic amines) is 3. The SMILES string of the molecule is CC(=O)N1C[C@H]2CN(C(=O)CCC3CCCC3)C[C@@]2(C(=O)N2CCCC2)C1. The summed E-state index contributed by atoms with van der Waals surface area (Å²) in [5.74, 6) is 1.23. The van der Waals surface area contributed by atoms with Crippen molar-refractivity contribution in [2.24, 2.45) is 17.3 Å². The number of nitrogens with zero attached hydrogens (tertiary/aromatic N) is 3. The second kappa shape index (κ2) is 7.44. The van der Waals surface area contributed by atoms with Gasteiger partial charge in [0, 0.05) is 58.5 Å². The Morgan fingerprint density at radius 2 is 1.52 bits per heavy atom. The highest BCUT2D eigenvalue weighted by Crippen LogP contribution is 2.45. The molecule has 6 heteroatoms. The number of hydrogen-bond acceptors (Lipinski definition) is 3. The Bertz CT molecular complexity index is 610. The third kappa shape index (κ3) is 3.47. The molecule has 27 heavy (non-hydrogen) atoms. The van der Waals surface area contributed by atoms with Crippen LogP contribution in [-0.4, -0.2) is 71.7 Å². The first-order chi connectivity index (χ1) is 13.0. The van der Waals surface area contributed by atoms with E-state index in [0.29, 0.717) is 38.5 Å². The van der Waals surface area contributed by atoms with Crippen molar-refractivity contribution in [1.82, 2.24) is 14.7 Å². The van der Waals surface area contributed by atoms with Gasteiger partial charge in [0.2, 0.25) is 17.7 Å². The van der Waals surface area contributed by atoms with Crippen LogP contribution >= 0.6 is 0 Å². The van der Waals surface area contributed by atoms with E-state index in [1.165, 1.54) is 25.7 Å². The molecule has 1 aliphatic carbocycles. The molecule has 0 aromatic carbocycles. The quantitative estimate of drug-likeness (QED) is 0.754. The summed E-state index contributed by atoms with van der Waals surface area (Å²) in [7, 11) is 0. The molecular formula is C21H33N3O3. The van der Waals surface area contributed by atoms with Crippen LogP contribution < -0.4 is 0 Å². The zero-order valence-corrected chi connectivity index (χ0v) is 16.6. The van der Waals surface area contributed by atoms with Crippen LogP contribution in [0.2, 0.25) is 0 Å². The van der Waals surface area contributed by atoms with Crippen molar-refractivity contribution in [3.8, 4) is 0 Å². The van der Waals surface area contributed by atoms with E-state index >= 15 is 0 Å². The maximum absolute atomic E-state index is 13.4. The number of carbonyl (C=O) groups is 3. The molecule has 0 spiro atoms. The smallest absolute Gasteiger partial charge is 0.232 e. The summed E-state index contributed by atoms with van der Waals surface area (Å²) in [6, 6.07) is 0. The maximum Gasteiger partial charge on any atom is 0.232 e. The molecule has 3 aliphatic heterocycles. The van der Waals surface area contributed by atoms with E-state index in [0.717, 1.165) is 32.4 Å². The summed E-state index contributed by atoms with van der Waals surface area (Å²) in [5, 5.41) is 0. The predicted molar refractivity (Wildman–Crippen MR) is 102 cm³/mol. The Kier molecular flexibility index (Phi) is 5.17. The zero-order valence-electron chi connectivity index (χ0n) is 16.6. The molecule has 0 aromatic heterocycles. The molecule has 3 saturated heterocycles. The Labute approximate surface area is 162 Å². The molecule has 0 N–H and O–H groups in total. The highest BCUT2D eigenvalue weighted by Gasteiger charge is 2.59. The van der Waals surface area contributed by atoms with Gasteiger partial charge < -0.3 is 14.7 Å². The third-order valence-corrected chi connectivity index (χ3v) is 7.47. The molecule has 150 valence electrons. The Hall–Kier alpha value is -1.59. The van der Waals surface area contributed by atoms with Crippen LogP contribution in [0, 0.1) is 17.3 Å². The van der Waals surface area contributed by atoms with E-state index in [-0.39, 0.29) is 23.6 Å². The van der Waals surface area contributed by atoms with Crippen LogP contribution in [0.3, 0.4) is 0 Å². The fourth-order valence-corrected chi connectivity index (χ4v) is 5.82. The minimum atomic E-state index is -0.570. The van der Waals surface area contributed by atoms with E-state index in [1.807, 2.05) is 14.7 Å². The van der Waals surface area contributed by atoms with E-state index < -0.39 is 5.41 Å². The number of rotatable bonds is 4. The molecule has 3 amide bonds. The average Bonchev–Trinajstić information content (AvgIpc) is 3.42. The normalized spacial score (nSPS) is 31.0. The van der Waals surface area contributed by atoms with Gasteiger partial charge in [-0.05, 0) is 25.2 Å². The third-order valence-electron chi connectivity index (χ3n) is 7.47. The van der Waals surface area contributed by atoms with Crippen molar-refractivity contribution in [1.29, 1.82) is 0 Å². The van der Waals surface area contributed by atoms with E-state index in [2.05, 4.69) is 0 Å². The maximum atomic E-state index is 13.4. The molecular weight excluding hydrogens is 342 g/mol. The van der Waals surface area contributed by atoms with Gasteiger partial charge in [-0.3, -0.25) is 14.4 Å². The van der Waals surface area contributed by atoms with Crippen LogP contribution in [0.25, 0.3) is 0 Å². The Morgan fingerprint density at radius 3 is 2.19 bits per heavy atom. The van der Waals surface area contributed by atoms with Gasteiger partial charge in [-0.2, -0.15) is 0 Å². The molecule has 0 bridgehead atoms. The summed E-state index contributed by atoms with van der Waals surface area (Å²) < 4.78 is 0. The summed E-state index contributed by atoms with van der Waals surface area (Å²) >= 11 is 0. The van der Waals surface area contributed by atoms with Crippen LogP contribution in [0.5, 0.6) is 0 Å². The molecule has 4 fully saturated rings. The summed E-state index contributed by atoms with van der Waals surface area (Å²) in [4.78, 5) is 43.9. The molecule has 1 saturated carbocycles. The monoisotopic (exact) mass is 375 g/mol. The van der Waals surface area contributed by atoms with E-state index in [4.69, 9.17) is 0 Å². The van der Waals surface area contributed by atoms with Gasteiger partial charge in [-0.25, -0.2) is 0 Å². The fourth-order valence-electron chi connectivity index (χ4n) is 5.82. The highest BCUT2D eigenvalue weighted by molar-refractivity contribution is 5.88. The second-order valence-electron chi connectivity index (χ2n) is 9.22. The summed E-state index contributed by atoms with van der Waals surface area (Å²) in [6.45, 7) is 5.45. The first-order valence-electron chi connectivity index (χ1n) is 10.8. The largest absolute Gasteiger partial charge is 0.342 e. The second-order valence-corrected chi connectivity index (χ2v) is 9.22. The van der Waals surface area contributed by atoms with Gasteiger partial charge >= 0.3 is 0 Å². The molecule has 0 radical (unpaired) electrons. The van der Waals surface area contributed by atoms with Crippen LogP contribution in [-0.2, 0) is 14.4 Å². The lowest BCUT2D eigenvalue weighted by atomic mass is 9.79. The standard InChI is InChI=1S/C21H33N3O3/c1-16(25)23-12-18-13-24(19(26)9-8-17-6-2-3-7-17)15-21(18,14-23)20(27)22-10-4-5-11-22/h17-18H,2-15H2,1H3/t18-,21-/m0/s1. The number of hydrogen-bond donors (Lipinski definition) is 0. The zero-order chi connectivity index (χ0) is 19.0. The van der Waals surface area contributed by atoms with Crippen molar-refractivity contribution in [3.63, 3.8) is 0 Å². The van der Waals surface area contributed by atoms with Gasteiger partial charge in [0.15, 0.2) is 0 Å². The van der Waals surface area contributed by atoms with Crippen molar-refractivity contribution < 1.29 is 14.4 Å². The van der Waals surface area contributed by atoms with E-state index in [9.17, 15) is 14.4 Å². The molecule has 4 aliphatic rings. The van der Waals surface area contributed by atoms with E-state index in [1.54, 1.807) is 6.92 Å². The lowest BCUT2D eigenvalue weighted by Crippen LogP contribution is -2.49. The van der Waals surface area contributed by atoms with Crippen molar-refractivity contribution in [2.75, 3.05) is 39.3 Å². The first kappa shape index (κ1) is 18.8. The van der Waals surface area contributed by atoms with Gasteiger partial charge in [-0.1, -0.05) is 25.7 Å². The van der Waals surface area contributed by atoms with Crippen molar-refractivity contribution in [3.05, 3.63) is 0 Å². The van der Waals surface area contributed by atoms with Crippen molar-refractivity contribution in [2.45, 2.75) is 58.3 Å². The summed E-state index contributed by atoms with van der Waals surface area (Å²) in [6.07, 6.45) is 8.87. The Morgan fingerprint density at radius 1 is 0.889 bits per heavy atom. The number of amides is 3. The first-order valence-corrected chi connectivity index (χ1v) is 10.8. The number of carbonyl (C=O) groups excluding carboxylic acids is 3. The lowest BCUT2D eigenvalue weighted by Gasteiger charge is -2.32. The molecule has 0 aromatic rings. The topological polar surface area (TPSA) is 60.9 Å². The van der Waals surface area contributed by atoms with Gasteiger partial charge in [0.05, 0.1) is 5.41 Å². The van der Waals surface area contributed by atoms with Crippen LogP contribution in [0.15, 0.2) is 0 Å². The molecule has 3 heterocycles. The van der Waals surface area contributed by atoms with Gasteiger partial charge in [0.25, 0.3) is 0 Å². The lowest BCUT2D eigenvalue weighted by molar-refractivity contribution is -0.142. The fraction of sp³-hybridized carbons (Fsp3) is 0.857. The predicted octanol–water partition coefficient (Wildman–Crippen LogP) is 1.89. The molecule has 6 nitrogen and oxygen atoms in total. The molecule has 2 atom stereocenters. The molecule has 0 unspecified atom stereocenters. The highest BCUT2D eigenvalue weighted by atomic mass is 16.2. The van der Waals surface area contributed by atoms with Crippen LogP contribution in [0.4, 0.5) is 0 Å². The minimum Gasteiger partial charge on any atom is -0.342 e. The van der Waals surface area contributed by atoms with Crippen molar-refractivity contribution >= 4 is 17.7 Å².